The second kappa shape index (κ2) is 13.8. The molecule has 8 heteroatoms. The lowest BCUT2D eigenvalue weighted by Crippen LogP contribution is -2.43. The van der Waals surface area contributed by atoms with Crippen molar-refractivity contribution in [2.45, 2.75) is 32.9 Å². The molecule has 0 fully saturated rings. The normalized spacial score (nSPS) is 12.5. The molecule has 28 heavy (non-hydrogen) atoms. The van der Waals surface area contributed by atoms with E-state index in [-0.39, 0.29) is 30.0 Å². The number of halogens is 2. The van der Waals surface area contributed by atoms with Crippen molar-refractivity contribution < 1.29 is 0 Å². The molecule has 1 atom stereocenters. The molecule has 0 radical (unpaired) electrons. The first-order valence-electron chi connectivity index (χ1n) is 9.58. The highest BCUT2D eigenvalue weighted by atomic mass is 127. The fourth-order valence-electron chi connectivity index (χ4n) is 3.15. The SMILES string of the molecule is CCN(CC)C(CNC(=NC)NCCCn1ccnc1)c1ccccc1Cl.I. The quantitative estimate of drug-likeness (QED) is 0.217. The highest BCUT2D eigenvalue weighted by molar-refractivity contribution is 14.0. The van der Waals surface area contributed by atoms with Gasteiger partial charge < -0.3 is 15.2 Å². The van der Waals surface area contributed by atoms with Crippen molar-refractivity contribution in [3.63, 3.8) is 0 Å². The zero-order valence-electron chi connectivity index (χ0n) is 16.9. The zero-order valence-corrected chi connectivity index (χ0v) is 20.0. The number of hydrogen-bond donors (Lipinski definition) is 2. The van der Waals surface area contributed by atoms with Crippen LogP contribution in [0, 0.1) is 0 Å². The van der Waals surface area contributed by atoms with Crippen LogP contribution < -0.4 is 10.6 Å². The second-order valence-corrected chi connectivity index (χ2v) is 6.70. The van der Waals surface area contributed by atoms with E-state index < -0.39 is 0 Å². The second-order valence-electron chi connectivity index (χ2n) is 6.29. The van der Waals surface area contributed by atoms with E-state index in [9.17, 15) is 0 Å². The van der Waals surface area contributed by atoms with Crippen LogP contribution in [0.1, 0.15) is 31.9 Å². The fraction of sp³-hybridized carbons (Fsp3) is 0.500. The summed E-state index contributed by atoms with van der Waals surface area (Å²) in [5.74, 6) is 0.810. The minimum Gasteiger partial charge on any atom is -0.356 e. The van der Waals surface area contributed by atoms with E-state index in [1.165, 1.54) is 0 Å². The summed E-state index contributed by atoms with van der Waals surface area (Å²) >= 11 is 6.47. The highest BCUT2D eigenvalue weighted by Gasteiger charge is 2.20. The first kappa shape index (κ1) is 24.7. The molecule has 0 saturated carbocycles. The summed E-state index contributed by atoms with van der Waals surface area (Å²) in [6, 6.07) is 8.27. The lowest BCUT2D eigenvalue weighted by molar-refractivity contribution is 0.219. The van der Waals surface area contributed by atoms with Crippen LogP contribution in [0.2, 0.25) is 5.02 Å². The van der Waals surface area contributed by atoms with E-state index in [1.807, 2.05) is 30.7 Å². The van der Waals surface area contributed by atoms with Gasteiger partial charge in [0.05, 0.1) is 12.4 Å². The number of aromatic nitrogens is 2. The first-order valence-corrected chi connectivity index (χ1v) is 9.96. The molecule has 0 aliphatic carbocycles. The fourth-order valence-corrected chi connectivity index (χ4v) is 3.41. The molecule has 156 valence electrons. The van der Waals surface area contributed by atoms with E-state index in [4.69, 9.17) is 11.6 Å². The average Bonchev–Trinajstić information content (AvgIpc) is 3.21. The number of rotatable bonds is 10. The van der Waals surface area contributed by atoms with Crippen molar-refractivity contribution in [1.82, 2.24) is 25.1 Å². The first-order chi connectivity index (χ1) is 13.2. The molecule has 1 aromatic carbocycles. The molecular weight excluding hydrogens is 487 g/mol. The lowest BCUT2D eigenvalue weighted by Gasteiger charge is -2.31. The Hall–Kier alpha value is -1.32. The number of likely N-dealkylation sites (N-methyl/N-ethyl adjacent to an activating group) is 1. The highest BCUT2D eigenvalue weighted by Crippen LogP contribution is 2.26. The van der Waals surface area contributed by atoms with Gasteiger partial charge in [-0.05, 0) is 31.1 Å². The van der Waals surface area contributed by atoms with Crippen molar-refractivity contribution in [3.05, 3.63) is 53.6 Å². The number of guanidine groups is 1. The molecule has 1 unspecified atom stereocenters. The third-order valence-electron chi connectivity index (χ3n) is 4.65. The van der Waals surface area contributed by atoms with E-state index in [1.54, 1.807) is 13.2 Å². The largest absolute Gasteiger partial charge is 0.356 e. The van der Waals surface area contributed by atoms with Gasteiger partial charge in [0.15, 0.2) is 5.96 Å². The van der Waals surface area contributed by atoms with Crippen LogP contribution in [0.5, 0.6) is 0 Å². The maximum atomic E-state index is 6.47. The monoisotopic (exact) mass is 518 g/mol. The van der Waals surface area contributed by atoms with Crippen molar-refractivity contribution in [2.24, 2.45) is 4.99 Å². The van der Waals surface area contributed by atoms with Crippen molar-refractivity contribution in [3.8, 4) is 0 Å². The van der Waals surface area contributed by atoms with E-state index in [0.29, 0.717) is 0 Å². The summed E-state index contributed by atoms with van der Waals surface area (Å²) in [4.78, 5) is 10.8. The zero-order chi connectivity index (χ0) is 19.5. The maximum absolute atomic E-state index is 6.47. The number of nitrogens with one attached hydrogen (secondary N) is 2. The molecular formula is C20H32ClIN6. The predicted molar refractivity (Wildman–Crippen MR) is 129 cm³/mol. The van der Waals surface area contributed by atoms with Crippen molar-refractivity contribution >= 4 is 41.5 Å². The van der Waals surface area contributed by atoms with E-state index in [2.05, 4.69) is 50.0 Å². The third-order valence-corrected chi connectivity index (χ3v) is 4.99. The van der Waals surface area contributed by atoms with Gasteiger partial charge in [-0.2, -0.15) is 0 Å². The van der Waals surface area contributed by atoms with Crippen LogP contribution in [0.3, 0.4) is 0 Å². The van der Waals surface area contributed by atoms with Crippen LogP contribution in [0.4, 0.5) is 0 Å². The molecule has 1 heterocycles. The number of hydrogen-bond acceptors (Lipinski definition) is 3. The Morgan fingerprint density at radius 3 is 2.61 bits per heavy atom. The Labute approximate surface area is 190 Å². The summed E-state index contributed by atoms with van der Waals surface area (Å²) in [5.41, 5.74) is 1.14. The standard InChI is InChI=1S/C20H31ClN6.HI/c1-4-27(5-2)19(17-9-6-7-10-18(17)21)15-25-20(22-3)24-11-8-13-26-14-12-23-16-26;/h6-7,9-10,12,14,16,19H,4-5,8,11,13,15H2,1-3H3,(H2,22,24,25);1H. The molecule has 6 nitrogen and oxygen atoms in total. The topological polar surface area (TPSA) is 57.5 Å². The van der Waals surface area contributed by atoms with Gasteiger partial charge in [-0.3, -0.25) is 9.89 Å². The molecule has 2 N–H and O–H groups in total. The lowest BCUT2D eigenvalue weighted by atomic mass is 10.0. The molecule has 2 aromatic rings. The molecule has 0 aliphatic rings. The van der Waals surface area contributed by atoms with Gasteiger partial charge >= 0.3 is 0 Å². The Kier molecular flexibility index (Phi) is 12.2. The number of imidazole rings is 1. The Balaban J connectivity index is 0.00000392. The molecule has 2 rings (SSSR count). The van der Waals surface area contributed by atoms with E-state index in [0.717, 1.165) is 55.7 Å². The van der Waals surface area contributed by atoms with Gasteiger partial charge in [0.25, 0.3) is 0 Å². The number of benzene rings is 1. The Morgan fingerprint density at radius 2 is 2.00 bits per heavy atom. The van der Waals surface area contributed by atoms with Gasteiger partial charge in [0.1, 0.15) is 0 Å². The molecule has 0 spiro atoms. The predicted octanol–water partition coefficient (Wildman–Crippen LogP) is 3.79. The van der Waals surface area contributed by atoms with Gasteiger partial charge in [0, 0.05) is 44.1 Å². The molecule has 0 saturated heterocycles. The summed E-state index contributed by atoms with van der Waals surface area (Å²) in [6.07, 6.45) is 6.62. The Bertz CT molecular complexity index is 688. The van der Waals surface area contributed by atoms with Gasteiger partial charge in [-0.15, -0.1) is 24.0 Å². The van der Waals surface area contributed by atoms with Crippen molar-refractivity contribution in [2.75, 3.05) is 33.2 Å². The van der Waals surface area contributed by atoms with Gasteiger partial charge in [-0.1, -0.05) is 43.6 Å². The minimum absolute atomic E-state index is 0. The summed E-state index contributed by atoms with van der Waals surface area (Å²) in [6.45, 7) is 8.81. The van der Waals surface area contributed by atoms with Crippen LogP contribution in [0.25, 0.3) is 0 Å². The van der Waals surface area contributed by atoms with Crippen LogP contribution in [0.15, 0.2) is 48.0 Å². The maximum Gasteiger partial charge on any atom is 0.191 e. The molecule has 0 aliphatic heterocycles. The summed E-state index contributed by atoms with van der Waals surface area (Å²) < 4.78 is 2.08. The Morgan fingerprint density at radius 1 is 1.25 bits per heavy atom. The number of nitrogens with zero attached hydrogens (tertiary/aromatic N) is 4. The smallest absolute Gasteiger partial charge is 0.191 e. The van der Waals surface area contributed by atoms with Crippen LogP contribution >= 0.6 is 35.6 Å². The molecule has 0 bridgehead atoms. The number of aliphatic imine (C=N–C) groups is 1. The van der Waals surface area contributed by atoms with Gasteiger partial charge in [0.2, 0.25) is 0 Å². The summed E-state index contributed by atoms with van der Waals surface area (Å²) in [5, 5.41) is 7.64. The number of aryl methyl sites for hydroxylation is 1. The van der Waals surface area contributed by atoms with E-state index >= 15 is 0 Å². The summed E-state index contributed by atoms with van der Waals surface area (Å²) in [7, 11) is 1.80. The minimum atomic E-state index is 0. The van der Waals surface area contributed by atoms with Gasteiger partial charge in [-0.25, -0.2) is 4.98 Å². The van der Waals surface area contributed by atoms with Crippen LogP contribution in [-0.4, -0.2) is 53.6 Å². The van der Waals surface area contributed by atoms with Crippen LogP contribution in [-0.2, 0) is 6.54 Å². The third kappa shape index (κ3) is 7.60. The van der Waals surface area contributed by atoms with Crippen molar-refractivity contribution in [1.29, 1.82) is 0 Å². The average molecular weight is 519 g/mol. The molecule has 0 amide bonds. The molecule has 1 aromatic heterocycles.